The SMILES string of the molecule is C=CC[C@H](C(=O)O)[C@@H](C(=O)OCCCC)N(Cc1ccccc1)Cc1ccccc1. The summed E-state index contributed by atoms with van der Waals surface area (Å²) in [7, 11) is 0. The van der Waals surface area contributed by atoms with E-state index < -0.39 is 23.9 Å². The summed E-state index contributed by atoms with van der Waals surface area (Å²) in [5.74, 6) is -2.47. The standard InChI is InChI=1S/C25H31NO4/c1-3-5-17-30-25(29)23(22(12-4-2)24(27)28)26(18-20-13-8-6-9-14-20)19-21-15-10-7-11-16-21/h4,6-11,13-16,22-23H,2-3,5,12,17-19H2,1H3,(H,27,28)/t22-,23-/m0/s1. The number of aliphatic carboxylic acids is 1. The maximum Gasteiger partial charge on any atom is 0.324 e. The number of carboxylic acid groups (broad SMARTS) is 1. The third kappa shape index (κ3) is 7.16. The zero-order valence-corrected chi connectivity index (χ0v) is 17.6. The minimum atomic E-state index is -1.03. The predicted molar refractivity (Wildman–Crippen MR) is 118 cm³/mol. The molecule has 0 unspecified atom stereocenters. The number of rotatable bonds is 13. The van der Waals surface area contributed by atoms with Gasteiger partial charge in [0.05, 0.1) is 12.5 Å². The Hall–Kier alpha value is -2.92. The number of carboxylic acids is 1. The van der Waals surface area contributed by atoms with E-state index in [9.17, 15) is 14.7 Å². The Bertz CT molecular complexity index is 750. The molecule has 0 spiro atoms. The van der Waals surface area contributed by atoms with E-state index in [1.54, 1.807) is 6.08 Å². The van der Waals surface area contributed by atoms with E-state index in [1.807, 2.05) is 72.5 Å². The molecule has 0 aliphatic carbocycles. The fraction of sp³-hybridized carbons (Fsp3) is 0.360. The minimum Gasteiger partial charge on any atom is -0.481 e. The average Bonchev–Trinajstić information content (AvgIpc) is 2.75. The highest BCUT2D eigenvalue weighted by Gasteiger charge is 2.38. The molecule has 5 nitrogen and oxygen atoms in total. The molecular weight excluding hydrogens is 378 g/mol. The molecule has 0 saturated carbocycles. The summed E-state index contributed by atoms with van der Waals surface area (Å²) in [6.45, 7) is 6.87. The van der Waals surface area contributed by atoms with Crippen LogP contribution >= 0.6 is 0 Å². The maximum atomic E-state index is 13.1. The Morgan fingerprint density at radius 2 is 1.57 bits per heavy atom. The fourth-order valence-corrected chi connectivity index (χ4v) is 3.40. The molecule has 2 aromatic carbocycles. The van der Waals surface area contributed by atoms with E-state index in [0.29, 0.717) is 13.1 Å². The van der Waals surface area contributed by atoms with Crippen molar-refractivity contribution in [2.75, 3.05) is 6.61 Å². The Balaban J connectivity index is 2.40. The average molecular weight is 410 g/mol. The lowest BCUT2D eigenvalue weighted by Crippen LogP contribution is -2.49. The molecule has 0 amide bonds. The van der Waals surface area contributed by atoms with Crippen LogP contribution in [0.2, 0.25) is 0 Å². The van der Waals surface area contributed by atoms with Crippen LogP contribution in [0.5, 0.6) is 0 Å². The second-order valence-corrected chi connectivity index (χ2v) is 7.31. The van der Waals surface area contributed by atoms with Gasteiger partial charge >= 0.3 is 11.9 Å². The van der Waals surface area contributed by atoms with Crippen molar-refractivity contribution in [2.45, 2.75) is 45.3 Å². The second kappa shape index (κ2) is 12.6. The second-order valence-electron chi connectivity index (χ2n) is 7.31. The van der Waals surface area contributed by atoms with Crippen molar-refractivity contribution in [2.24, 2.45) is 5.92 Å². The summed E-state index contributed by atoms with van der Waals surface area (Å²) < 4.78 is 5.50. The largest absolute Gasteiger partial charge is 0.481 e. The zero-order chi connectivity index (χ0) is 21.8. The summed E-state index contributed by atoms with van der Waals surface area (Å²) in [5, 5.41) is 9.89. The third-order valence-electron chi connectivity index (χ3n) is 4.95. The molecule has 5 heteroatoms. The number of esters is 1. The van der Waals surface area contributed by atoms with Gasteiger partial charge in [-0.15, -0.1) is 6.58 Å². The summed E-state index contributed by atoms with van der Waals surface area (Å²) in [6, 6.07) is 18.6. The van der Waals surface area contributed by atoms with Gasteiger partial charge in [-0.2, -0.15) is 0 Å². The Morgan fingerprint density at radius 3 is 2.00 bits per heavy atom. The number of unbranched alkanes of at least 4 members (excludes halogenated alkanes) is 1. The van der Waals surface area contributed by atoms with Crippen LogP contribution in [0.3, 0.4) is 0 Å². The number of carbonyl (C=O) groups is 2. The summed E-state index contributed by atoms with van der Waals surface area (Å²) in [4.78, 5) is 27.1. The van der Waals surface area contributed by atoms with E-state index in [0.717, 1.165) is 24.0 Å². The smallest absolute Gasteiger partial charge is 0.324 e. The minimum absolute atomic E-state index is 0.183. The van der Waals surface area contributed by atoms with Gasteiger partial charge in [-0.25, -0.2) is 0 Å². The molecule has 0 aromatic heterocycles. The topological polar surface area (TPSA) is 66.8 Å². The lowest BCUT2D eigenvalue weighted by Gasteiger charge is -2.33. The molecule has 160 valence electrons. The molecule has 2 rings (SSSR count). The Kier molecular flexibility index (Phi) is 9.81. The van der Waals surface area contributed by atoms with E-state index in [-0.39, 0.29) is 13.0 Å². The van der Waals surface area contributed by atoms with E-state index in [1.165, 1.54) is 0 Å². The number of allylic oxidation sites excluding steroid dienone is 1. The first kappa shape index (κ1) is 23.4. The highest BCUT2D eigenvalue weighted by atomic mass is 16.5. The molecule has 0 aliphatic rings. The highest BCUT2D eigenvalue weighted by Crippen LogP contribution is 2.23. The molecule has 0 radical (unpaired) electrons. The van der Waals surface area contributed by atoms with E-state index in [2.05, 4.69) is 6.58 Å². The van der Waals surface area contributed by atoms with Crippen molar-refractivity contribution in [3.05, 3.63) is 84.4 Å². The molecule has 30 heavy (non-hydrogen) atoms. The molecule has 0 bridgehead atoms. The first-order chi connectivity index (χ1) is 14.6. The van der Waals surface area contributed by atoms with Gasteiger partial charge in [-0.1, -0.05) is 80.1 Å². The molecule has 0 saturated heterocycles. The van der Waals surface area contributed by atoms with Crippen LogP contribution in [-0.2, 0) is 27.4 Å². The third-order valence-corrected chi connectivity index (χ3v) is 4.95. The first-order valence-electron chi connectivity index (χ1n) is 10.4. The Labute approximate surface area is 179 Å². The van der Waals surface area contributed by atoms with Crippen molar-refractivity contribution in [1.29, 1.82) is 0 Å². The quantitative estimate of drug-likeness (QED) is 0.296. The highest BCUT2D eigenvalue weighted by molar-refractivity contribution is 5.84. The molecule has 0 heterocycles. The monoisotopic (exact) mass is 409 g/mol. The van der Waals surface area contributed by atoms with Crippen LogP contribution in [0.1, 0.15) is 37.3 Å². The van der Waals surface area contributed by atoms with Crippen molar-refractivity contribution < 1.29 is 19.4 Å². The van der Waals surface area contributed by atoms with Gasteiger partial charge in [-0.3, -0.25) is 14.5 Å². The van der Waals surface area contributed by atoms with Crippen LogP contribution in [-0.4, -0.2) is 34.6 Å². The van der Waals surface area contributed by atoms with Crippen molar-refractivity contribution in [1.82, 2.24) is 4.90 Å². The van der Waals surface area contributed by atoms with Gasteiger partial charge in [0.15, 0.2) is 0 Å². The molecule has 0 fully saturated rings. The summed E-state index contributed by atoms with van der Waals surface area (Å²) in [6.07, 6.45) is 3.37. The number of carbonyl (C=O) groups excluding carboxylic acids is 1. The van der Waals surface area contributed by atoms with Gasteiger partial charge in [0.25, 0.3) is 0 Å². The Morgan fingerprint density at radius 1 is 1.03 bits per heavy atom. The van der Waals surface area contributed by atoms with Gasteiger partial charge < -0.3 is 9.84 Å². The van der Waals surface area contributed by atoms with E-state index >= 15 is 0 Å². The number of hydrogen-bond donors (Lipinski definition) is 1. The normalized spacial score (nSPS) is 12.9. The number of ether oxygens (including phenoxy) is 1. The van der Waals surface area contributed by atoms with Gasteiger partial charge in [0, 0.05) is 13.1 Å². The van der Waals surface area contributed by atoms with Crippen molar-refractivity contribution in [3.8, 4) is 0 Å². The lowest BCUT2D eigenvalue weighted by molar-refractivity contribution is -0.160. The van der Waals surface area contributed by atoms with Crippen LogP contribution in [0.25, 0.3) is 0 Å². The van der Waals surface area contributed by atoms with Crippen molar-refractivity contribution >= 4 is 11.9 Å². The lowest BCUT2D eigenvalue weighted by atomic mass is 9.93. The molecule has 1 N–H and O–H groups in total. The maximum absolute atomic E-state index is 13.1. The van der Waals surface area contributed by atoms with Crippen molar-refractivity contribution in [3.63, 3.8) is 0 Å². The van der Waals surface area contributed by atoms with Crippen LogP contribution in [0.4, 0.5) is 0 Å². The van der Waals surface area contributed by atoms with Gasteiger partial charge in [0.1, 0.15) is 6.04 Å². The summed E-state index contributed by atoms with van der Waals surface area (Å²) >= 11 is 0. The van der Waals surface area contributed by atoms with E-state index in [4.69, 9.17) is 4.74 Å². The fourth-order valence-electron chi connectivity index (χ4n) is 3.40. The number of nitrogens with zero attached hydrogens (tertiary/aromatic N) is 1. The predicted octanol–water partition coefficient (Wildman–Crippen LogP) is 4.68. The molecule has 0 aliphatic heterocycles. The molecular formula is C25H31NO4. The number of benzene rings is 2. The zero-order valence-electron chi connectivity index (χ0n) is 17.6. The van der Waals surface area contributed by atoms with Crippen LogP contribution in [0, 0.1) is 5.92 Å². The summed E-state index contributed by atoms with van der Waals surface area (Å²) in [5.41, 5.74) is 2.00. The van der Waals surface area contributed by atoms with Gasteiger partial charge in [-0.05, 0) is 24.0 Å². The van der Waals surface area contributed by atoms with Gasteiger partial charge in [0.2, 0.25) is 0 Å². The number of hydrogen-bond acceptors (Lipinski definition) is 4. The molecule has 2 aromatic rings. The molecule has 2 atom stereocenters. The first-order valence-corrected chi connectivity index (χ1v) is 10.4. The van der Waals surface area contributed by atoms with Crippen LogP contribution in [0.15, 0.2) is 73.3 Å². The van der Waals surface area contributed by atoms with Crippen LogP contribution < -0.4 is 0 Å².